The number of carbonyl (C=O) groups excluding carboxylic acids is 1. The van der Waals surface area contributed by atoms with Crippen molar-refractivity contribution in [3.05, 3.63) is 43.1 Å². The number of halogens is 3. The Labute approximate surface area is 145 Å². The quantitative estimate of drug-likeness (QED) is 0.797. The highest BCUT2D eigenvalue weighted by Crippen LogP contribution is 2.22. The number of pyridine rings is 1. The molecule has 0 aliphatic rings. The SMILES string of the molecule is C[NH+](CC(=O)Nc1ncc(Cl)cc1Cl)Cc1ccc(Br)s1. The first kappa shape index (κ1) is 16.7. The van der Waals surface area contributed by atoms with Crippen LogP contribution in [0, 0.1) is 0 Å². The molecular formula is C13H13BrCl2N3OS+. The molecule has 4 nitrogen and oxygen atoms in total. The van der Waals surface area contributed by atoms with E-state index in [1.165, 1.54) is 11.1 Å². The van der Waals surface area contributed by atoms with Gasteiger partial charge in [-0.15, -0.1) is 11.3 Å². The summed E-state index contributed by atoms with van der Waals surface area (Å²) in [5, 5.41) is 3.46. The van der Waals surface area contributed by atoms with E-state index in [-0.39, 0.29) is 5.91 Å². The Morgan fingerprint density at radius 1 is 1.48 bits per heavy atom. The Morgan fingerprint density at radius 2 is 2.24 bits per heavy atom. The van der Waals surface area contributed by atoms with Gasteiger partial charge in [0.1, 0.15) is 6.54 Å². The van der Waals surface area contributed by atoms with E-state index in [4.69, 9.17) is 23.2 Å². The fourth-order valence-electron chi connectivity index (χ4n) is 1.76. The Balaban J connectivity index is 1.89. The fourth-order valence-corrected chi connectivity index (χ4v) is 3.79. The summed E-state index contributed by atoms with van der Waals surface area (Å²) in [5.74, 6) is 0.192. The van der Waals surface area contributed by atoms with Crippen molar-refractivity contribution in [2.24, 2.45) is 0 Å². The zero-order chi connectivity index (χ0) is 15.4. The average Bonchev–Trinajstić information content (AvgIpc) is 2.78. The number of likely N-dealkylation sites (N-methyl/N-ethyl adjacent to an activating group) is 1. The van der Waals surface area contributed by atoms with E-state index in [0.29, 0.717) is 22.4 Å². The Bertz CT molecular complexity index is 650. The third-order valence-corrected chi connectivity index (χ3v) is 4.75. The first-order chi connectivity index (χ1) is 9.94. The number of carbonyl (C=O) groups is 1. The van der Waals surface area contributed by atoms with Crippen molar-refractivity contribution in [3.8, 4) is 0 Å². The number of nitrogens with one attached hydrogen (secondary N) is 2. The summed E-state index contributed by atoms with van der Waals surface area (Å²) in [6.07, 6.45) is 1.45. The van der Waals surface area contributed by atoms with Crippen LogP contribution in [0.2, 0.25) is 10.0 Å². The number of thiophene rings is 1. The van der Waals surface area contributed by atoms with Crippen LogP contribution >= 0.6 is 50.5 Å². The maximum Gasteiger partial charge on any atom is 0.280 e. The summed E-state index contributed by atoms with van der Waals surface area (Å²) < 4.78 is 1.09. The summed E-state index contributed by atoms with van der Waals surface area (Å²) in [4.78, 5) is 18.3. The zero-order valence-electron chi connectivity index (χ0n) is 11.1. The summed E-state index contributed by atoms with van der Waals surface area (Å²) in [5.41, 5.74) is 0. The molecule has 1 amide bonds. The van der Waals surface area contributed by atoms with E-state index in [2.05, 4.69) is 26.2 Å². The van der Waals surface area contributed by atoms with Crippen molar-refractivity contribution < 1.29 is 9.69 Å². The molecule has 2 aromatic rings. The lowest BCUT2D eigenvalue weighted by Gasteiger charge is -2.13. The smallest absolute Gasteiger partial charge is 0.280 e. The summed E-state index contributed by atoms with van der Waals surface area (Å²) in [6, 6.07) is 5.60. The summed E-state index contributed by atoms with van der Waals surface area (Å²) in [6.45, 7) is 1.11. The van der Waals surface area contributed by atoms with Crippen molar-refractivity contribution in [3.63, 3.8) is 0 Å². The second kappa shape index (κ2) is 7.56. The number of rotatable bonds is 5. The zero-order valence-corrected chi connectivity index (χ0v) is 15.0. The first-order valence-electron chi connectivity index (χ1n) is 6.10. The molecule has 0 saturated heterocycles. The molecule has 0 aliphatic heterocycles. The van der Waals surface area contributed by atoms with Gasteiger partial charge in [0, 0.05) is 6.20 Å². The maximum absolute atomic E-state index is 12.0. The minimum Gasteiger partial charge on any atom is -0.325 e. The lowest BCUT2D eigenvalue weighted by molar-refractivity contribution is -0.884. The second-order valence-electron chi connectivity index (χ2n) is 4.55. The summed E-state index contributed by atoms with van der Waals surface area (Å²) in [7, 11) is 1.96. The molecule has 0 spiro atoms. The highest BCUT2D eigenvalue weighted by Gasteiger charge is 2.14. The predicted molar refractivity (Wildman–Crippen MR) is 90.4 cm³/mol. The standard InChI is InChI=1S/C13H12BrCl2N3OS/c1-19(6-9-2-3-11(14)21-9)7-12(20)18-13-10(16)4-8(15)5-17-13/h2-5H,6-7H2,1H3,(H,17,18,20)/p+1. The molecule has 0 aliphatic carbocycles. The van der Waals surface area contributed by atoms with Crippen LogP contribution in [0.3, 0.4) is 0 Å². The number of anilines is 1. The van der Waals surface area contributed by atoms with Crippen LogP contribution in [-0.4, -0.2) is 24.5 Å². The topological polar surface area (TPSA) is 46.4 Å². The van der Waals surface area contributed by atoms with Crippen molar-refractivity contribution in [2.75, 3.05) is 18.9 Å². The average molecular weight is 410 g/mol. The van der Waals surface area contributed by atoms with Crippen LogP contribution in [-0.2, 0) is 11.3 Å². The molecule has 112 valence electrons. The van der Waals surface area contributed by atoms with E-state index in [1.807, 2.05) is 19.2 Å². The molecule has 2 heterocycles. The third kappa shape index (κ3) is 5.23. The van der Waals surface area contributed by atoms with Crippen LogP contribution in [0.1, 0.15) is 4.88 Å². The van der Waals surface area contributed by atoms with Crippen molar-refractivity contribution in [2.45, 2.75) is 6.54 Å². The number of amides is 1. The molecule has 2 N–H and O–H groups in total. The van der Waals surface area contributed by atoms with Gasteiger partial charge in [-0.1, -0.05) is 23.2 Å². The van der Waals surface area contributed by atoms with Gasteiger partial charge in [-0.3, -0.25) is 4.79 Å². The number of hydrogen-bond acceptors (Lipinski definition) is 3. The monoisotopic (exact) mass is 408 g/mol. The third-order valence-electron chi connectivity index (χ3n) is 2.63. The van der Waals surface area contributed by atoms with Gasteiger partial charge in [0.05, 0.1) is 25.8 Å². The molecule has 0 saturated carbocycles. The van der Waals surface area contributed by atoms with Crippen LogP contribution in [0.5, 0.6) is 0 Å². The van der Waals surface area contributed by atoms with Gasteiger partial charge >= 0.3 is 0 Å². The molecule has 0 radical (unpaired) electrons. The van der Waals surface area contributed by atoms with Crippen molar-refractivity contribution in [1.29, 1.82) is 0 Å². The van der Waals surface area contributed by atoms with Gasteiger partial charge in [0.25, 0.3) is 5.91 Å². The van der Waals surface area contributed by atoms with Gasteiger partial charge in [-0.25, -0.2) is 4.98 Å². The molecule has 0 aromatic carbocycles. The van der Waals surface area contributed by atoms with Crippen LogP contribution in [0.4, 0.5) is 5.82 Å². The molecule has 21 heavy (non-hydrogen) atoms. The van der Waals surface area contributed by atoms with Gasteiger partial charge < -0.3 is 10.2 Å². The highest BCUT2D eigenvalue weighted by atomic mass is 79.9. The highest BCUT2D eigenvalue weighted by molar-refractivity contribution is 9.11. The van der Waals surface area contributed by atoms with Crippen molar-refractivity contribution in [1.82, 2.24) is 4.98 Å². The van der Waals surface area contributed by atoms with E-state index < -0.39 is 0 Å². The van der Waals surface area contributed by atoms with E-state index in [9.17, 15) is 4.79 Å². The first-order valence-corrected chi connectivity index (χ1v) is 8.47. The molecule has 1 unspecified atom stereocenters. The normalized spacial score (nSPS) is 12.2. The lowest BCUT2D eigenvalue weighted by Crippen LogP contribution is -3.08. The molecule has 8 heteroatoms. The van der Waals surface area contributed by atoms with Crippen molar-refractivity contribution >= 4 is 62.2 Å². The van der Waals surface area contributed by atoms with E-state index in [1.54, 1.807) is 17.4 Å². The molecule has 1 atom stereocenters. The van der Waals surface area contributed by atoms with Crippen LogP contribution in [0.15, 0.2) is 28.2 Å². The maximum atomic E-state index is 12.0. The molecule has 2 aromatic heterocycles. The number of aromatic nitrogens is 1. The van der Waals surface area contributed by atoms with Gasteiger partial charge in [0.15, 0.2) is 12.4 Å². The predicted octanol–water partition coefficient (Wildman–Crippen LogP) is 2.87. The van der Waals surface area contributed by atoms with Crippen LogP contribution in [0.25, 0.3) is 0 Å². The fraction of sp³-hybridized carbons (Fsp3) is 0.231. The van der Waals surface area contributed by atoms with Gasteiger partial charge in [-0.05, 0) is 34.1 Å². The Hall–Kier alpha value is -0.660. The minimum absolute atomic E-state index is 0.139. The number of nitrogens with zero attached hydrogens (tertiary/aromatic N) is 1. The molecule has 2 rings (SSSR count). The largest absolute Gasteiger partial charge is 0.325 e. The van der Waals surface area contributed by atoms with E-state index >= 15 is 0 Å². The molecule has 0 fully saturated rings. The second-order valence-corrected chi connectivity index (χ2v) is 7.94. The number of quaternary nitrogens is 1. The minimum atomic E-state index is -0.139. The van der Waals surface area contributed by atoms with Crippen LogP contribution < -0.4 is 10.2 Å². The van der Waals surface area contributed by atoms with Gasteiger partial charge in [-0.2, -0.15) is 0 Å². The Morgan fingerprint density at radius 3 is 2.86 bits per heavy atom. The van der Waals surface area contributed by atoms with Gasteiger partial charge in [0.2, 0.25) is 0 Å². The van der Waals surface area contributed by atoms with E-state index in [0.717, 1.165) is 15.2 Å². The number of hydrogen-bond donors (Lipinski definition) is 2. The molecule has 0 bridgehead atoms. The summed E-state index contributed by atoms with van der Waals surface area (Å²) >= 11 is 16.8. The lowest BCUT2D eigenvalue weighted by atomic mass is 10.4. The Kier molecular flexibility index (Phi) is 6.01. The molecular weight excluding hydrogens is 397 g/mol.